The number of benzene rings is 2. The van der Waals surface area contributed by atoms with Gasteiger partial charge in [0.05, 0.1) is 0 Å². The normalized spacial score (nSPS) is 13.4. The summed E-state index contributed by atoms with van der Waals surface area (Å²) in [4.78, 5) is 0. The lowest BCUT2D eigenvalue weighted by Crippen LogP contribution is -1.85. The Bertz CT molecular complexity index is 524. The molecule has 100 valence electrons. The van der Waals surface area contributed by atoms with Gasteiger partial charge in [0.25, 0.3) is 0 Å². The van der Waals surface area contributed by atoms with Crippen molar-refractivity contribution in [1.29, 1.82) is 0 Å². The van der Waals surface area contributed by atoms with Crippen LogP contribution in [0.5, 0.6) is 0 Å². The molecule has 0 heterocycles. The summed E-state index contributed by atoms with van der Waals surface area (Å²) in [6, 6.07) is 20.8. The van der Waals surface area contributed by atoms with Gasteiger partial charge in [0, 0.05) is 5.92 Å². The summed E-state index contributed by atoms with van der Waals surface area (Å²) in [5.41, 5.74) is 2.46. The molecule has 0 saturated carbocycles. The van der Waals surface area contributed by atoms with Gasteiger partial charge in [-0.2, -0.15) is 0 Å². The van der Waals surface area contributed by atoms with Gasteiger partial charge in [0.2, 0.25) is 0 Å². The van der Waals surface area contributed by atoms with E-state index in [1.807, 2.05) is 12.1 Å². The third-order valence-corrected chi connectivity index (χ3v) is 3.04. The molecule has 0 heteroatoms. The first kappa shape index (κ1) is 14.1. The van der Waals surface area contributed by atoms with Crippen LogP contribution in [0, 0.1) is 5.92 Å². The molecule has 0 aliphatic carbocycles. The van der Waals surface area contributed by atoms with Crippen LogP contribution in [0.2, 0.25) is 0 Å². The molecule has 2 rings (SSSR count). The van der Waals surface area contributed by atoms with E-state index in [9.17, 15) is 0 Å². The SMILES string of the molecule is CC=CC(C=Cc1ccccc1)C=Cc1ccccc1. The summed E-state index contributed by atoms with van der Waals surface area (Å²) in [7, 11) is 0. The first-order chi connectivity index (χ1) is 9.88. The van der Waals surface area contributed by atoms with Crippen molar-refractivity contribution in [3.05, 3.63) is 96.1 Å². The van der Waals surface area contributed by atoms with Crippen LogP contribution in [0.4, 0.5) is 0 Å². The highest BCUT2D eigenvalue weighted by molar-refractivity contribution is 5.53. The molecule has 0 amide bonds. The Morgan fingerprint density at radius 1 is 0.650 bits per heavy atom. The lowest BCUT2D eigenvalue weighted by atomic mass is 10.0. The van der Waals surface area contributed by atoms with Crippen molar-refractivity contribution in [2.75, 3.05) is 0 Å². The van der Waals surface area contributed by atoms with Crippen LogP contribution in [0.1, 0.15) is 18.1 Å². The number of hydrogen-bond donors (Lipinski definition) is 0. The summed E-state index contributed by atoms with van der Waals surface area (Å²) >= 11 is 0. The van der Waals surface area contributed by atoms with E-state index in [0.29, 0.717) is 5.92 Å². The predicted molar refractivity (Wildman–Crippen MR) is 89.3 cm³/mol. The molecule has 0 aromatic heterocycles. The highest BCUT2D eigenvalue weighted by atomic mass is 14.0. The summed E-state index contributed by atoms with van der Waals surface area (Å²) in [6.45, 7) is 2.06. The van der Waals surface area contributed by atoms with E-state index in [2.05, 4.69) is 91.9 Å². The molecule has 0 fully saturated rings. The fraction of sp³-hybridized carbons (Fsp3) is 0.100. The first-order valence-electron chi connectivity index (χ1n) is 6.98. The van der Waals surface area contributed by atoms with Crippen molar-refractivity contribution in [2.24, 2.45) is 5.92 Å². The lowest BCUT2D eigenvalue weighted by molar-refractivity contribution is 1.08. The van der Waals surface area contributed by atoms with Crippen LogP contribution in [0.25, 0.3) is 12.2 Å². The minimum absolute atomic E-state index is 0.320. The lowest BCUT2D eigenvalue weighted by Gasteiger charge is -2.01. The quantitative estimate of drug-likeness (QED) is 0.613. The molecule has 2 aromatic rings. The molecule has 0 spiro atoms. The van der Waals surface area contributed by atoms with Gasteiger partial charge in [0.15, 0.2) is 0 Å². The third-order valence-electron chi connectivity index (χ3n) is 3.04. The smallest absolute Gasteiger partial charge is 0.0134 e. The largest absolute Gasteiger partial charge is 0.0908 e. The zero-order valence-corrected chi connectivity index (χ0v) is 11.8. The number of rotatable bonds is 5. The molecular weight excluding hydrogens is 240 g/mol. The highest BCUT2D eigenvalue weighted by Crippen LogP contribution is 2.11. The van der Waals surface area contributed by atoms with Crippen LogP contribution in [-0.4, -0.2) is 0 Å². The van der Waals surface area contributed by atoms with E-state index in [4.69, 9.17) is 0 Å². The van der Waals surface area contributed by atoms with Crippen LogP contribution >= 0.6 is 0 Å². The van der Waals surface area contributed by atoms with E-state index in [0.717, 1.165) is 0 Å². The van der Waals surface area contributed by atoms with Gasteiger partial charge in [-0.05, 0) is 18.1 Å². The predicted octanol–water partition coefficient (Wildman–Crippen LogP) is 5.61. The van der Waals surface area contributed by atoms with Gasteiger partial charge in [-0.15, -0.1) is 0 Å². The molecule has 0 unspecified atom stereocenters. The van der Waals surface area contributed by atoms with Crippen molar-refractivity contribution in [3.63, 3.8) is 0 Å². The van der Waals surface area contributed by atoms with E-state index >= 15 is 0 Å². The molecule has 0 atom stereocenters. The van der Waals surface area contributed by atoms with Crippen LogP contribution in [-0.2, 0) is 0 Å². The van der Waals surface area contributed by atoms with Gasteiger partial charge < -0.3 is 0 Å². The van der Waals surface area contributed by atoms with Crippen molar-refractivity contribution in [1.82, 2.24) is 0 Å². The molecule has 2 aromatic carbocycles. The second-order valence-corrected chi connectivity index (χ2v) is 4.64. The zero-order valence-electron chi connectivity index (χ0n) is 11.8. The van der Waals surface area contributed by atoms with Crippen molar-refractivity contribution < 1.29 is 0 Å². The molecule has 0 aliphatic heterocycles. The minimum atomic E-state index is 0.320. The average molecular weight is 260 g/mol. The standard InChI is InChI=1S/C20H20/c1-2-9-18(14-16-19-10-5-3-6-11-19)15-17-20-12-7-4-8-13-20/h2-18H,1H3. The average Bonchev–Trinajstić information content (AvgIpc) is 2.52. The Labute approximate surface area is 121 Å². The fourth-order valence-electron chi connectivity index (χ4n) is 1.99. The summed E-state index contributed by atoms with van der Waals surface area (Å²) in [5.74, 6) is 0.320. The topological polar surface area (TPSA) is 0 Å². The van der Waals surface area contributed by atoms with Gasteiger partial charge in [0.1, 0.15) is 0 Å². The minimum Gasteiger partial charge on any atom is -0.0908 e. The van der Waals surface area contributed by atoms with E-state index in [-0.39, 0.29) is 0 Å². The second-order valence-electron chi connectivity index (χ2n) is 4.64. The summed E-state index contributed by atoms with van der Waals surface area (Å²) in [6.07, 6.45) is 13.1. The highest BCUT2D eigenvalue weighted by Gasteiger charge is 1.94. The molecule has 0 nitrogen and oxygen atoms in total. The van der Waals surface area contributed by atoms with Crippen molar-refractivity contribution in [3.8, 4) is 0 Å². The maximum atomic E-state index is 2.22. The molecule has 20 heavy (non-hydrogen) atoms. The molecule has 0 aliphatic rings. The fourth-order valence-corrected chi connectivity index (χ4v) is 1.99. The molecular formula is C20H20. The maximum Gasteiger partial charge on any atom is 0.0134 e. The Morgan fingerprint density at radius 2 is 1.10 bits per heavy atom. The molecule has 0 N–H and O–H groups in total. The molecule has 0 bridgehead atoms. The van der Waals surface area contributed by atoms with Gasteiger partial charge in [-0.1, -0.05) is 97.1 Å². The van der Waals surface area contributed by atoms with Gasteiger partial charge >= 0.3 is 0 Å². The third kappa shape index (κ3) is 4.74. The van der Waals surface area contributed by atoms with Crippen LogP contribution in [0.15, 0.2) is 85.0 Å². The van der Waals surface area contributed by atoms with Crippen molar-refractivity contribution >= 4 is 12.2 Å². The zero-order chi connectivity index (χ0) is 14.0. The Kier molecular flexibility index (Phi) is 5.60. The van der Waals surface area contributed by atoms with Gasteiger partial charge in [-0.3, -0.25) is 0 Å². The Balaban J connectivity index is 2.08. The summed E-state index contributed by atoms with van der Waals surface area (Å²) in [5, 5.41) is 0. The van der Waals surface area contributed by atoms with E-state index in [1.165, 1.54) is 11.1 Å². The molecule has 0 radical (unpaired) electrons. The van der Waals surface area contributed by atoms with Gasteiger partial charge in [-0.25, -0.2) is 0 Å². The van der Waals surface area contributed by atoms with Crippen molar-refractivity contribution in [2.45, 2.75) is 6.92 Å². The Hall–Kier alpha value is -2.34. The van der Waals surface area contributed by atoms with E-state index < -0.39 is 0 Å². The second kappa shape index (κ2) is 7.96. The monoisotopic (exact) mass is 260 g/mol. The van der Waals surface area contributed by atoms with E-state index in [1.54, 1.807) is 0 Å². The number of hydrogen-bond acceptors (Lipinski definition) is 0. The van der Waals surface area contributed by atoms with Crippen LogP contribution < -0.4 is 0 Å². The Morgan fingerprint density at radius 3 is 1.50 bits per heavy atom. The first-order valence-corrected chi connectivity index (χ1v) is 6.98. The number of allylic oxidation sites excluding steroid dienone is 4. The summed E-state index contributed by atoms with van der Waals surface area (Å²) < 4.78 is 0. The molecule has 0 saturated heterocycles. The van der Waals surface area contributed by atoms with Crippen LogP contribution in [0.3, 0.4) is 0 Å². The maximum absolute atomic E-state index is 2.22.